The molecule has 0 saturated heterocycles. The van der Waals surface area contributed by atoms with Gasteiger partial charge in [0.25, 0.3) is 0 Å². The van der Waals surface area contributed by atoms with Crippen LogP contribution in [0.2, 0.25) is 0 Å². The van der Waals surface area contributed by atoms with Gasteiger partial charge < -0.3 is 4.74 Å². The number of rotatable bonds is 3. The monoisotopic (exact) mass is 222 g/mol. The Balaban J connectivity index is 1.90. The number of aromatic nitrogens is 2. The normalized spacial score (nSPS) is 16.6. The molecule has 1 aromatic rings. The molecule has 1 fully saturated rings. The number of hydrogen-bond donors (Lipinski definition) is 0. The fourth-order valence-electron chi connectivity index (χ4n) is 2.25. The molecule has 1 saturated carbocycles. The van der Waals surface area contributed by atoms with Crippen molar-refractivity contribution in [1.82, 2.24) is 9.78 Å². The Morgan fingerprint density at radius 1 is 1.56 bits per heavy atom. The van der Waals surface area contributed by atoms with E-state index in [1.54, 1.807) is 17.9 Å². The maximum atomic E-state index is 11.8. The molecule has 1 heterocycles. The van der Waals surface area contributed by atoms with Crippen LogP contribution in [0.1, 0.15) is 41.7 Å². The predicted octanol–water partition coefficient (Wildman–Crippen LogP) is 2.08. The molecule has 0 amide bonds. The molecule has 0 radical (unpaired) electrons. The van der Waals surface area contributed by atoms with Gasteiger partial charge in [-0.3, -0.25) is 4.68 Å². The molecule has 1 aromatic heterocycles. The SMILES string of the molecule is Cc1nn(C)cc1C(=O)OCC1CCCC1. The number of nitrogens with zero attached hydrogens (tertiary/aromatic N) is 2. The van der Waals surface area contributed by atoms with Gasteiger partial charge in [0, 0.05) is 13.2 Å². The molecule has 16 heavy (non-hydrogen) atoms. The van der Waals surface area contributed by atoms with Gasteiger partial charge in [0.15, 0.2) is 0 Å². The lowest BCUT2D eigenvalue weighted by Gasteiger charge is -2.09. The van der Waals surface area contributed by atoms with E-state index in [-0.39, 0.29) is 5.97 Å². The van der Waals surface area contributed by atoms with Crippen molar-refractivity contribution in [2.24, 2.45) is 13.0 Å². The van der Waals surface area contributed by atoms with Gasteiger partial charge in [-0.15, -0.1) is 0 Å². The van der Waals surface area contributed by atoms with E-state index >= 15 is 0 Å². The van der Waals surface area contributed by atoms with Gasteiger partial charge in [-0.2, -0.15) is 5.10 Å². The molecule has 1 aliphatic rings. The average Bonchev–Trinajstić information content (AvgIpc) is 2.84. The molecule has 0 bridgehead atoms. The van der Waals surface area contributed by atoms with Gasteiger partial charge >= 0.3 is 5.97 Å². The van der Waals surface area contributed by atoms with Crippen molar-refractivity contribution in [2.75, 3.05) is 6.61 Å². The minimum absolute atomic E-state index is 0.238. The number of hydrogen-bond acceptors (Lipinski definition) is 3. The summed E-state index contributed by atoms with van der Waals surface area (Å²) in [4.78, 5) is 11.8. The molecule has 0 aromatic carbocycles. The molecule has 0 unspecified atom stereocenters. The van der Waals surface area contributed by atoms with Crippen LogP contribution >= 0.6 is 0 Å². The minimum atomic E-state index is -0.238. The highest BCUT2D eigenvalue weighted by molar-refractivity contribution is 5.90. The number of ether oxygens (including phenoxy) is 1. The zero-order valence-corrected chi connectivity index (χ0v) is 9.90. The summed E-state index contributed by atoms with van der Waals surface area (Å²) in [6.45, 7) is 2.39. The summed E-state index contributed by atoms with van der Waals surface area (Å²) in [5.41, 5.74) is 1.32. The first kappa shape index (κ1) is 11.2. The third-order valence-electron chi connectivity index (χ3n) is 3.16. The summed E-state index contributed by atoms with van der Waals surface area (Å²) < 4.78 is 6.95. The Labute approximate surface area is 95.6 Å². The standard InChI is InChI=1S/C12H18N2O2/c1-9-11(7-14(2)13-9)12(15)16-8-10-5-3-4-6-10/h7,10H,3-6,8H2,1-2H3. The van der Waals surface area contributed by atoms with Gasteiger partial charge in [-0.1, -0.05) is 12.8 Å². The Bertz CT molecular complexity index is 378. The van der Waals surface area contributed by atoms with E-state index in [1.165, 1.54) is 25.7 Å². The molecule has 0 spiro atoms. The Hall–Kier alpha value is -1.32. The molecule has 4 nitrogen and oxygen atoms in total. The van der Waals surface area contributed by atoms with E-state index in [0.717, 1.165) is 5.69 Å². The van der Waals surface area contributed by atoms with Gasteiger partial charge in [0.05, 0.1) is 12.3 Å². The fraction of sp³-hybridized carbons (Fsp3) is 0.667. The second kappa shape index (κ2) is 4.68. The van der Waals surface area contributed by atoms with Gasteiger partial charge in [-0.05, 0) is 25.7 Å². The first-order chi connectivity index (χ1) is 7.66. The maximum Gasteiger partial charge on any atom is 0.341 e. The lowest BCUT2D eigenvalue weighted by molar-refractivity contribution is 0.0441. The molecule has 88 valence electrons. The smallest absolute Gasteiger partial charge is 0.341 e. The lowest BCUT2D eigenvalue weighted by Crippen LogP contribution is -2.12. The predicted molar refractivity (Wildman–Crippen MR) is 60.2 cm³/mol. The van der Waals surface area contributed by atoms with Gasteiger partial charge in [0.2, 0.25) is 0 Å². The highest BCUT2D eigenvalue weighted by Crippen LogP contribution is 2.25. The largest absolute Gasteiger partial charge is 0.462 e. The zero-order chi connectivity index (χ0) is 11.5. The first-order valence-corrected chi connectivity index (χ1v) is 5.84. The van der Waals surface area contributed by atoms with Crippen LogP contribution in [0.5, 0.6) is 0 Å². The summed E-state index contributed by atoms with van der Waals surface area (Å²) in [7, 11) is 1.81. The van der Waals surface area contributed by atoms with E-state index in [4.69, 9.17) is 4.74 Å². The summed E-state index contributed by atoms with van der Waals surface area (Å²) in [6.07, 6.45) is 6.65. The minimum Gasteiger partial charge on any atom is -0.462 e. The molecular weight excluding hydrogens is 204 g/mol. The molecule has 0 aliphatic heterocycles. The molecule has 0 atom stereocenters. The highest BCUT2D eigenvalue weighted by atomic mass is 16.5. The van der Waals surface area contributed by atoms with E-state index in [1.807, 2.05) is 6.92 Å². The van der Waals surface area contributed by atoms with Crippen LogP contribution in [0.3, 0.4) is 0 Å². The summed E-state index contributed by atoms with van der Waals surface area (Å²) >= 11 is 0. The number of esters is 1. The van der Waals surface area contributed by atoms with Gasteiger partial charge in [-0.25, -0.2) is 4.79 Å². The molecule has 4 heteroatoms. The van der Waals surface area contributed by atoms with Crippen LogP contribution in [0.15, 0.2) is 6.20 Å². The number of carbonyl (C=O) groups is 1. The van der Waals surface area contributed by atoms with Crippen molar-refractivity contribution in [2.45, 2.75) is 32.6 Å². The third kappa shape index (κ3) is 2.43. The second-order valence-corrected chi connectivity index (χ2v) is 4.55. The van der Waals surface area contributed by atoms with Crippen LogP contribution < -0.4 is 0 Å². The van der Waals surface area contributed by atoms with Crippen molar-refractivity contribution in [1.29, 1.82) is 0 Å². The molecular formula is C12H18N2O2. The third-order valence-corrected chi connectivity index (χ3v) is 3.16. The summed E-state index contributed by atoms with van der Waals surface area (Å²) in [6, 6.07) is 0. The molecule has 1 aliphatic carbocycles. The van der Waals surface area contributed by atoms with E-state index in [2.05, 4.69) is 5.10 Å². The molecule has 0 N–H and O–H groups in total. The summed E-state index contributed by atoms with van der Waals surface area (Å²) in [5, 5.41) is 4.13. The maximum absolute atomic E-state index is 11.8. The van der Waals surface area contributed by atoms with Crippen LogP contribution in [0, 0.1) is 12.8 Å². The zero-order valence-electron chi connectivity index (χ0n) is 9.90. The number of aryl methyl sites for hydroxylation is 2. The van der Waals surface area contributed by atoms with Crippen LogP contribution in [0.4, 0.5) is 0 Å². The van der Waals surface area contributed by atoms with Crippen LogP contribution in [0.25, 0.3) is 0 Å². The van der Waals surface area contributed by atoms with E-state index in [9.17, 15) is 4.79 Å². The van der Waals surface area contributed by atoms with Crippen molar-refractivity contribution in [3.05, 3.63) is 17.5 Å². The van der Waals surface area contributed by atoms with Crippen LogP contribution in [-0.2, 0) is 11.8 Å². The second-order valence-electron chi connectivity index (χ2n) is 4.55. The summed E-state index contributed by atoms with van der Waals surface area (Å²) in [5.74, 6) is 0.332. The Kier molecular flexibility index (Phi) is 3.27. The Morgan fingerprint density at radius 3 is 2.81 bits per heavy atom. The average molecular weight is 222 g/mol. The Morgan fingerprint density at radius 2 is 2.25 bits per heavy atom. The van der Waals surface area contributed by atoms with Crippen molar-refractivity contribution >= 4 is 5.97 Å². The highest BCUT2D eigenvalue weighted by Gasteiger charge is 2.19. The topological polar surface area (TPSA) is 44.1 Å². The lowest BCUT2D eigenvalue weighted by atomic mass is 10.1. The molecule has 2 rings (SSSR count). The van der Waals surface area contributed by atoms with Crippen molar-refractivity contribution in [3.8, 4) is 0 Å². The number of carbonyl (C=O) groups excluding carboxylic acids is 1. The quantitative estimate of drug-likeness (QED) is 0.735. The van der Waals surface area contributed by atoms with Crippen LogP contribution in [-0.4, -0.2) is 22.4 Å². The van der Waals surface area contributed by atoms with Gasteiger partial charge in [0.1, 0.15) is 5.56 Å². The first-order valence-electron chi connectivity index (χ1n) is 5.84. The van der Waals surface area contributed by atoms with E-state index in [0.29, 0.717) is 18.1 Å². The van der Waals surface area contributed by atoms with E-state index < -0.39 is 0 Å². The van der Waals surface area contributed by atoms with Crippen molar-refractivity contribution in [3.63, 3.8) is 0 Å². The fourth-order valence-corrected chi connectivity index (χ4v) is 2.25. The van der Waals surface area contributed by atoms with Crippen molar-refractivity contribution < 1.29 is 9.53 Å².